The average Bonchev–Trinajstić information content (AvgIpc) is 3.12. The zero-order chi connectivity index (χ0) is 20.9. The molecule has 5 rings (SSSR count). The monoisotopic (exact) mass is 408 g/mol. The Labute approximate surface area is 174 Å². The number of amides is 2. The van der Waals surface area contributed by atoms with Gasteiger partial charge in [0.05, 0.1) is 24.8 Å². The third-order valence-corrected chi connectivity index (χ3v) is 6.47. The lowest BCUT2D eigenvalue weighted by Crippen LogP contribution is -2.65. The van der Waals surface area contributed by atoms with Crippen molar-refractivity contribution in [2.75, 3.05) is 36.1 Å². The van der Waals surface area contributed by atoms with E-state index in [2.05, 4.69) is 4.98 Å². The van der Waals surface area contributed by atoms with E-state index < -0.39 is 23.3 Å². The van der Waals surface area contributed by atoms with Gasteiger partial charge in [-0.3, -0.25) is 14.5 Å². The highest BCUT2D eigenvalue weighted by molar-refractivity contribution is 6.02. The van der Waals surface area contributed by atoms with Crippen molar-refractivity contribution < 1.29 is 14.3 Å². The van der Waals surface area contributed by atoms with Crippen LogP contribution >= 0.6 is 0 Å². The predicted molar refractivity (Wildman–Crippen MR) is 110 cm³/mol. The Kier molecular flexibility index (Phi) is 4.35. The summed E-state index contributed by atoms with van der Waals surface area (Å²) in [6.07, 6.45) is 3.61. The summed E-state index contributed by atoms with van der Waals surface area (Å²) in [7, 11) is 0. The zero-order valence-electron chi connectivity index (χ0n) is 16.5. The molecule has 4 N–H and O–H groups in total. The zero-order valence-corrected chi connectivity index (χ0v) is 16.5. The van der Waals surface area contributed by atoms with E-state index in [1.807, 2.05) is 23.1 Å². The molecule has 2 aromatic rings. The van der Waals surface area contributed by atoms with Crippen LogP contribution in [0.15, 0.2) is 36.5 Å². The molecule has 2 aromatic heterocycles. The Morgan fingerprint density at radius 1 is 1.20 bits per heavy atom. The standard InChI is InChI=1S/C21H24N6O3/c22-18(28)14-10-26-12-21(14,20(23)29)27(17-5-1-2-8-24-17)19-16(26)7-6-15(25-19)13-4-3-9-30-11-13/h1-2,5-8,13-14H,3-4,9-12H2,(H2,22,28)(H2,23,29)/t13?,14?,21-/m1/s1. The van der Waals surface area contributed by atoms with Crippen LogP contribution in [0.3, 0.4) is 0 Å². The Morgan fingerprint density at radius 2 is 2.07 bits per heavy atom. The highest BCUT2D eigenvalue weighted by atomic mass is 16.5. The molecule has 0 radical (unpaired) electrons. The molecule has 3 aliphatic rings. The van der Waals surface area contributed by atoms with Gasteiger partial charge in [0.1, 0.15) is 5.82 Å². The Balaban J connectivity index is 1.71. The molecule has 5 heterocycles. The van der Waals surface area contributed by atoms with Gasteiger partial charge in [-0.25, -0.2) is 9.97 Å². The first-order valence-corrected chi connectivity index (χ1v) is 10.2. The number of carbonyl (C=O) groups excluding carboxylic acids is 2. The van der Waals surface area contributed by atoms with Gasteiger partial charge in [-0.05, 0) is 37.1 Å². The largest absolute Gasteiger partial charge is 0.381 e. The lowest BCUT2D eigenvalue weighted by atomic mass is 9.83. The Hall–Kier alpha value is -3.20. The molecule has 0 spiro atoms. The van der Waals surface area contributed by atoms with Crippen molar-refractivity contribution in [3.8, 4) is 0 Å². The first-order valence-electron chi connectivity index (χ1n) is 10.2. The van der Waals surface area contributed by atoms with E-state index in [0.29, 0.717) is 24.8 Å². The van der Waals surface area contributed by atoms with Crippen LogP contribution < -0.4 is 21.3 Å². The third-order valence-electron chi connectivity index (χ3n) is 6.47. The Morgan fingerprint density at radius 3 is 2.73 bits per heavy atom. The van der Waals surface area contributed by atoms with Crippen molar-refractivity contribution in [1.29, 1.82) is 0 Å². The van der Waals surface area contributed by atoms with Crippen LogP contribution in [0.5, 0.6) is 0 Å². The van der Waals surface area contributed by atoms with Gasteiger partial charge in [-0.1, -0.05) is 6.07 Å². The molecule has 9 heteroatoms. The van der Waals surface area contributed by atoms with Crippen molar-refractivity contribution in [2.45, 2.75) is 24.3 Å². The van der Waals surface area contributed by atoms with E-state index in [-0.39, 0.29) is 12.5 Å². The highest BCUT2D eigenvalue weighted by Gasteiger charge is 2.62. The first-order chi connectivity index (χ1) is 14.5. The molecular weight excluding hydrogens is 384 g/mol. The minimum Gasteiger partial charge on any atom is -0.381 e. The van der Waals surface area contributed by atoms with Gasteiger partial charge in [0.2, 0.25) is 11.8 Å². The summed E-state index contributed by atoms with van der Waals surface area (Å²) in [5, 5.41) is 0. The molecule has 2 fully saturated rings. The molecule has 2 unspecified atom stereocenters. The van der Waals surface area contributed by atoms with Crippen LogP contribution in [-0.4, -0.2) is 53.6 Å². The molecule has 0 aliphatic carbocycles. The van der Waals surface area contributed by atoms with Crippen LogP contribution in [0.2, 0.25) is 0 Å². The summed E-state index contributed by atoms with van der Waals surface area (Å²) in [6.45, 7) is 1.94. The number of ether oxygens (including phenoxy) is 1. The number of anilines is 3. The molecule has 2 saturated heterocycles. The number of fused-ring (bicyclic) bond motifs is 4. The number of rotatable bonds is 4. The maximum absolute atomic E-state index is 12.9. The number of hydrogen-bond donors (Lipinski definition) is 2. The molecule has 156 valence electrons. The molecule has 30 heavy (non-hydrogen) atoms. The lowest BCUT2D eigenvalue weighted by Gasteiger charge is -2.45. The van der Waals surface area contributed by atoms with Gasteiger partial charge in [0.15, 0.2) is 11.4 Å². The maximum atomic E-state index is 12.9. The number of nitrogens with two attached hydrogens (primary N) is 2. The second-order valence-electron chi connectivity index (χ2n) is 8.14. The summed E-state index contributed by atoms with van der Waals surface area (Å²) >= 11 is 0. The molecule has 2 amide bonds. The van der Waals surface area contributed by atoms with Crippen LogP contribution in [0, 0.1) is 5.92 Å². The number of aromatic nitrogens is 2. The van der Waals surface area contributed by atoms with Gasteiger partial charge >= 0.3 is 0 Å². The summed E-state index contributed by atoms with van der Waals surface area (Å²) in [4.78, 5) is 38.4. The van der Waals surface area contributed by atoms with Crippen molar-refractivity contribution in [1.82, 2.24) is 9.97 Å². The van der Waals surface area contributed by atoms with E-state index in [4.69, 9.17) is 21.2 Å². The average molecular weight is 408 g/mol. The van der Waals surface area contributed by atoms with Crippen molar-refractivity contribution in [2.24, 2.45) is 17.4 Å². The number of primary amides is 2. The summed E-state index contributed by atoms with van der Waals surface area (Å²) < 4.78 is 5.64. The summed E-state index contributed by atoms with van der Waals surface area (Å²) in [5.41, 5.74) is 12.1. The van der Waals surface area contributed by atoms with E-state index >= 15 is 0 Å². The molecule has 0 saturated carbocycles. The van der Waals surface area contributed by atoms with E-state index in [9.17, 15) is 9.59 Å². The van der Waals surface area contributed by atoms with Crippen LogP contribution in [0.1, 0.15) is 24.5 Å². The van der Waals surface area contributed by atoms with Crippen LogP contribution in [0.25, 0.3) is 0 Å². The van der Waals surface area contributed by atoms with Gasteiger partial charge in [-0.15, -0.1) is 0 Å². The predicted octanol–water partition coefficient (Wildman–Crippen LogP) is 0.668. The van der Waals surface area contributed by atoms with Gasteiger partial charge in [0, 0.05) is 31.0 Å². The van der Waals surface area contributed by atoms with Crippen LogP contribution in [-0.2, 0) is 14.3 Å². The molecular formula is C21H24N6O3. The fourth-order valence-corrected chi connectivity index (χ4v) is 4.99. The topological polar surface area (TPSA) is 128 Å². The number of nitrogens with zero attached hydrogens (tertiary/aromatic N) is 4. The van der Waals surface area contributed by atoms with Gasteiger partial charge < -0.3 is 21.1 Å². The minimum atomic E-state index is -1.35. The van der Waals surface area contributed by atoms with E-state index in [0.717, 1.165) is 30.8 Å². The second kappa shape index (κ2) is 6.94. The molecule has 0 aromatic carbocycles. The molecule has 2 bridgehead atoms. The second-order valence-corrected chi connectivity index (χ2v) is 8.14. The fourth-order valence-electron chi connectivity index (χ4n) is 4.99. The van der Waals surface area contributed by atoms with E-state index in [1.165, 1.54) is 0 Å². The Bertz CT molecular complexity index is 993. The lowest BCUT2D eigenvalue weighted by molar-refractivity contribution is -0.130. The number of carbonyl (C=O) groups is 2. The smallest absolute Gasteiger partial charge is 0.246 e. The van der Waals surface area contributed by atoms with Gasteiger partial charge in [-0.2, -0.15) is 0 Å². The minimum absolute atomic E-state index is 0.181. The van der Waals surface area contributed by atoms with Crippen molar-refractivity contribution in [3.05, 3.63) is 42.2 Å². The molecule has 3 atom stereocenters. The molecule has 9 nitrogen and oxygen atoms in total. The van der Waals surface area contributed by atoms with Crippen molar-refractivity contribution in [3.63, 3.8) is 0 Å². The number of pyridine rings is 2. The van der Waals surface area contributed by atoms with Crippen molar-refractivity contribution >= 4 is 29.1 Å². The normalized spacial score (nSPS) is 27.6. The summed E-state index contributed by atoms with van der Waals surface area (Å²) in [5.74, 6) is -0.696. The first kappa shape index (κ1) is 18.8. The number of hydrogen-bond acceptors (Lipinski definition) is 7. The summed E-state index contributed by atoms with van der Waals surface area (Å²) in [6, 6.07) is 9.41. The molecule has 3 aliphatic heterocycles. The maximum Gasteiger partial charge on any atom is 0.246 e. The van der Waals surface area contributed by atoms with Gasteiger partial charge in [0.25, 0.3) is 0 Å². The highest BCUT2D eigenvalue weighted by Crippen LogP contribution is 2.50. The SMILES string of the molecule is NC(=O)C1CN2C[C@@]1(C(N)=O)N(c1ccccn1)c1nc(C3CCCOC3)ccc12. The van der Waals surface area contributed by atoms with E-state index in [1.54, 1.807) is 23.2 Å². The van der Waals surface area contributed by atoms with Crippen LogP contribution in [0.4, 0.5) is 17.3 Å². The third kappa shape index (κ3) is 2.65. The quantitative estimate of drug-likeness (QED) is 0.761. The fraction of sp³-hybridized carbons (Fsp3) is 0.429.